The second-order valence-electron chi connectivity index (χ2n) is 8.71. The van der Waals surface area contributed by atoms with Crippen LogP contribution in [0.2, 0.25) is 0 Å². The van der Waals surface area contributed by atoms with Crippen LogP contribution in [0.15, 0.2) is 83.9 Å². The van der Waals surface area contributed by atoms with E-state index < -0.39 is 0 Å². The van der Waals surface area contributed by atoms with Crippen molar-refractivity contribution in [3.05, 3.63) is 90.8 Å². The third kappa shape index (κ3) is 4.46. The van der Waals surface area contributed by atoms with E-state index >= 15 is 0 Å². The van der Waals surface area contributed by atoms with Gasteiger partial charge >= 0.3 is 0 Å². The molecule has 36 heavy (non-hydrogen) atoms. The lowest BCUT2D eigenvalue weighted by Gasteiger charge is -2.10. The highest BCUT2D eigenvalue weighted by molar-refractivity contribution is 6.12. The van der Waals surface area contributed by atoms with Crippen molar-refractivity contribution in [2.24, 2.45) is 5.92 Å². The first kappa shape index (κ1) is 21.7. The number of anilines is 2. The minimum Gasteiger partial charge on any atom is -0.467 e. The Morgan fingerprint density at radius 2 is 1.81 bits per heavy atom. The largest absolute Gasteiger partial charge is 0.467 e. The summed E-state index contributed by atoms with van der Waals surface area (Å²) < 4.78 is 7.18. The molecule has 4 aromatic heterocycles. The van der Waals surface area contributed by atoms with Crippen LogP contribution < -0.4 is 10.6 Å². The highest BCUT2D eigenvalue weighted by Crippen LogP contribution is 2.30. The lowest BCUT2D eigenvalue weighted by Crippen LogP contribution is -2.14. The number of furan rings is 1. The molecule has 9 heteroatoms. The van der Waals surface area contributed by atoms with Crippen LogP contribution in [0.4, 0.5) is 11.4 Å². The molecule has 0 aliphatic heterocycles. The topological polar surface area (TPSA) is 115 Å². The molecule has 6 rings (SSSR count). The van der Waals surface area contributed by atoms with E-state index in [1.807, 2.05) is 24.3 Å². The van der Waals surface area contributed by atoms with Gasteiger partial charge in [0.25, 0.3) is 5.91 Å². The van der Waals surface area contributed by atoms with Gasteiger partial charge in [0.1, 0.15) is 12.3 Å². The highest BCUT2D eigenvalue weighted by Gasteiger charge is 2.29. The molecular weight excluding hydrogens is 456 g/mol. The minimum absolute atomic E-state index is 0.0421. The molecule has 1 aromatic carbocycles. The van der Waals surface area contributed by atoms with Gasteiger partial charge < -0.3 is 15.1 Å². The summed E-state index contributed by atoms with van der Waals surface area (Å²) in [4.78, 5) is 34.4. The fourth-order valence-electron chi connectivity index (χ4n) is 3.99. The van der Waals surface area contributed by atoms with Crippen LogP contribution >= 0.6 is 0 Å². The molecule has 0 radical (unpaired) electrons. The van der Waals surface area contributed by atoms with Crippen LogP contribution in [0.5, 0.6) is 0 Å². The Labute approximate surface area is 206 Å². The van der Waals surface area contributed by atoms with E-state index in [4.69, 9.17) is 9.40 Å². The Balaban J connectivity index is 1.32. The number of nitrogens with zero attached hydrogens (tertiary/aromatic N) is 4. The summed E-state index contributed by atoms with van der Waals surface area (Å²) in [6, 6.07) is 16.2. The lowest BCUT2D eigenvalue weighted by atomic mass is 10.1. The van der Waals surface area contributed by atoms with E-state index in [0.717, 1.165) is 24.2 Å². The van der Waals surface area contributed by atoms with Gasteiger partial charge in [-0.15, -0.1) is 0 Å². The maximum atomic E-state index is 13.4. The first-order chi connectivity index (χ1) is 17.6. The molecule has 2 N–H and O–H groups in total. The van der Waals surface area contributed by atoms with E-state index in [0.29, 0.717) is 40.2 Å². The van der Waals surface area contributed by atoms with E-state index in [1.54, 1.807) is 59.9 Å². The zero-order valence-electron chi connectivity index (χ0n) is 19.2. The number of rotatable bonds is 7. The average Bonchev–Trinajstić information content (AvgIpc) is 3.50. The van der Waals surface area contributed by atoms with Gasteiger partial charge in [0, 0.05) is 35.2 Å². The molecule has 4 heterocycles. The zero-order valence-corrected chi connectivity index (χ0v) is 19.2. The van der Waals surface area contributed by atoms with Crippen molar-refractivity contribution in [1.29, 1.82) is 0 Å². The predicted octanol–water partition coefficient (Wildman–Crippen LogP) is 4.74. The van der Waals surface area contributed by atoms with Crippen molar-refractivity contribution < 1.29 is 14.0 Å². The molecule has 1 aliphatic rings. The smallest absolute Gasteiger partial charge is 0.256 e. The normalized spacial score (nSPS) is 13.0. The molecule has 0 unspecified atom stereocenters. The summed E-state index contributed by atoms with van der Waals surface area (Å²) in [5.74, 6) is 0.606. The van der Waals surface area contributed by atoms with Crippen molar-refractivity contribution in [3.8, 4) is 11.3 Å². The summed E-state index contributed by atoms with van der Waals surface area (Å²) in [5, 5.41) is 10.9. The van der Waals surface area contributed by atoms with Gasteiger partial charge in [-0.1, -0.05) is 0 Å². The number of fused-ring (bicyclic) bond motifs is 1. The molecule has 1 fully saturated rings. The number of carbonyl (C=O) groups excluding carboxylic acids is 2. The number of hydrogen-bond acceptors (Lipinski definition) is 6. The van der Waals surface area contributed by atoms with Crippen LogP contribution in [0, 0.1) is 5.92 Å². The lowest BCUT2D eigenvalue weighted by molar-refractivity contribution is -0.117. The number of benzene rings is 1. The Morgan fingerprint density at radius 3 is 2.50 bits per heavy atom. The van der Waals surface area contributed by atoms with Crippen molar-refractivity contribution in [2.45, 2.75) is 19.4 Å². The van der Waals surface area contributed by atoms with Crippen molar-refractivity contribution in [1.82, 2.24) is 19.7 Å². The summed E-state index contributed by atoms with van der Waals surface area (Å²) in [6.45, 7) is 0.384. The summed E-state index contributed by atoms with van der Waals surface area (Å²) >= 11 is 0. The van der Waals surface area contributed by atoms with E-state index in [1.165, 1.54) is 0 Å². The van der Waals surface area contributed by atoms with E-state index in [-0.39, 0.29) is 17.7 Å². The zero-order chi connectivity index (χ0) is 24.5. The molecule has 0 spiro atoms. The Kier molecular flexibility index (Phi) is 5.49. The number of pyridine rings is 2. The fraction of sp³-hybridized carbons (Fsp3) is 0.148. The number of hydrogen-bond donors (Lipinski definition) is 2. The molecule has 0 atom stereocenters. The summed E-state index contributed by atoms with van der Waals surface area (Å²) in [6.07, 6.45) is 8.53. The monoisotopic (exact) mass is 478 g/mol. The maximum absolute atomic E-state index is 13.4. The molecule has 0 bridgehead atoms. The van der Waals surface area contributed by atoms with Crippen molar-refractivity contribution in [2.75, 3.05) is 10.6 Å². The molecule has 5 aromatic rings. The average molecular weight is 479 g/mol. The van der Waals surface area contributed by atoms with Crippen LogP contribution in [-0.4, -0.2) is 31.6 Å². The molecule has 178 valence electrons. The van der Waals surface area contributed by atoms with Crippen LogP contribution in [0.1, 0.15) is 29.0 Å². The molecule has 2 amide bonds. The summed E-state index contributed by atoms with van der Waals surface area (Å²) in [7, 11) is 0. The minimum atomic E-state index is -0.292. The van der Waals surface area contributed by atoms with Gasteiger partial charge in [-0.2, -0.15) is 5.10 Å². The Bertz CT molecular complexity index is 1540. The van der Waals surface area contributed by atoms with E-state index in [2.05, 4.69) is 20.7 Å². The van der Waals surface area contributed by atoms with Gasteiger partial charge in [-0.25, -0.2) is 9.67 Å². The Hall–Kier alpha value is -4.79. The quantitative estimate of drug-likeness (QED) is 0.349. The molecule has 9 nitrogen and oxygen atoms in total. The highest BCUT2D eigenvalue weighted by atomic mass is 16.3. The third-order valence-corrected chi connectivity index (χ3v) is 6.06. The van der Waals surface area contributed by atoms with Crippen molar-refractivity contribution in [3.63, 3.8) is 0 Å². The first-order valence-electron chi connectivity index (χ1n) is 11.7. The molecular formula is C27H22N6O3. The number of aromatic nitrogens is 4. The van der Waals surface area contributed by atoms with Gasteiger partial charge in [0.15, 0.2) is 5.65 Å². The molecule has 1 saturated carbocycles. The number of amides is 2. The van der Waals surface area contributed by atoms with Gasteiger partial charge in [0.05, 0.1) is 29.1 Å². The fourth-order valence-corrected chi connectivity index (χ4v) is 3.99. The van der Waals surface area contributed by atoms with Gasteiger partial charge in [0.2, 0.25) is 5.91 Å². The van der Waals surface area contributed by atoms with Crippen molar-refractivity contribution >= 4 is 34.2 Å². The molecule has 0 saturated heterocycles. The van der Waals surface area contributed by atoms with Gasteiger partial charge in [-0.05, 0) is 67.4 Å². The first-order valence-corrected chi connectivity index (χ1v) is 11.7. The van der Waals surface area contributed by atoms with Gasteiger partial charge in [-0.3, -0.25) is 14.6 Å². The SMILES string of the molecule is O=C(Nc1ccc(NC(=O)C2CC2)cc1)c1cc(-c2cccnc2)nc2c1cnn2Cc1ccco1. The van der Waals surface area contributed by atoms with E-state index in [9.17, 15) is 9.59 Å². The second-order valence-corrected chi connectivity index (χ2v) is 8.71. The van der Waals surface area contributed by atoms with Crippen LogP contribution in [0.25, 0.3) is 22.3 Å². The van der Waals surface area contributed by atoms with Crippen LogP contribution in [0.3, 0.4) is 0 Å². The second kappa shape index (κ2) is 9.10. The predicted molar refractivity (Wildman–Crippen MR) is 134 cm³/mol. The Morgan fingerprint density at radius 1 is 1.00 bits per heavy atom. The summed E-state index contributed by atoms with van der Waals surface area (Å²) in [5.41, 5.74) is 3.72. The maximum Gasteiger partial charge on any atom is 0.256 e. The van der Waals surface area contributed by atoms with Crippen LogP contribution in [-0.2, 0) is 11.3 Å². The number of carbonyl (C=O) groups is 2. The third-order valence-electron chi connectivity index (χ3n) is 6.06. The number of nitrogens with one attached hydrogen (secondary N) is 2. The molecule has 1 aliphatic carbocycles. The standard InChI is InChI=1S/C27H22N6O3/c34-26(17-5-6-17)30-19-7-9-20(10-8-19)31-27(35)22-13-24(18-3-1-11-28-14-18)32-25-23(22)15-29-33(25)16-21-4-2-12-36-21/h1-4,7-15,17H,5-6,16H2,(H,30,34)(H,31,35).